The average Bonchev–Trinajstić information content (AvgIpc) is 3.19. The Hall–Kier alpha value is -1.55. The van der Waals surface area contributed by atoms with E-state index in [9.17, 15) is 4.79 Å². The zero-order valence-electron chi connectivity index (χ0n) is 15.3. The largest absolute Gasteiger partial charge is 0.495 e. The summed E-state index contributed by atoms with van der Waals surface area (Å²) in [6, 6.07) is 7.27. The highest BCUT2D eigenvalue weighted by Gasteiger charge is 2.68. The van der Waals surface area contributed by atoms with Gasteiger partial charge in [0.25, 0.3) is 0 Å². The maximum Gasteiger partial charge on any atom is 0.214 e. The third-order valence-electron chi connectivity index (χ3n) is 8.01. The van der Waals surface area contributed by atoms with E-state index in [0.29, 0.717) is 17.5 Å². The molecule has 0 unspecified atom stereocenters. The fourth-order valence-corrected chi connectivity index (χ4v) is 7.16. The molecule has 0 radical (unpaired) electrons. The molecule has 4 heteroatoms. The number of amides is 1. The van der Waals surface area contributed by atoms with Crippen LogP contribution in [0.15, 0.2) is 18.2 Å². The number of carbonyl (C=O) groups is 1. The molecule has 1 saturated carbocycles. The van der Waals surface area contributed by atoms with Crippen molar-refractivity contribution in [2.45, 2.75) is 62.9 Å². The van der Waals surface area contributed by atoms with Gasteiger partial charge >= 0.3 is 0 Å². The normalized spacial score (nSPS) is 38.9. The molecule has 5 rings (SSSR count). The molecule has 3 heterocycles. The number of fused-ring (bicyclic) bond motifs is 1. The van der Waals surface area contributed by atoms with Gasteiger partial charge in [-0.25, -0.2) is 0 Å². The van der Waals surface area contributed by atoms with Crippen LogP contribution in [0.2, 0.25) is 0 Å². The van der Waals surface area contributed by atoms with Crippen molar-refractivity contribution in [1.29, 1.82) is 0 Å². The molecule has 1 spiro atoms. The number of nitrogens with zero attached hydrogens (tertiary/aromatic N) is 2. The van der Waals surface area contributed by atoms with E-state index in [-0.39, 0.29) is 5.41 Å². The molecule has 1 amide bonds. The van der Waals surface area contributed by atoms with Crippen molar-refractivity contribution >= 4 is 12.1 Å². The Morgan fingerprint density at radius 3 is 2.92 bits per heavy atom. The summed E-state index contributed by atoms with van der Waals surface area (Å²) in [6.07, 6.45) is 8.53. The molecule has 4 atom stereocenters. The molecular weight excluding hydrogens is 312 g/mol. The van der Waals surface area contributed by atoms with Crippen LogP contribution in [0, 0.1) is 5.41 Å². The first-order valence-corrected chi connectivity index (χ1v) is 9.87. The summed E-state index contributed by atoms with van der Waals surface area (Å²) in [6.45, 7) is 4.78. The molecule has 3 aliphatic heterocycles. The first-order valence-electron chi connectivity index (χ1n) is 9.87. The van der Waals surface area contributed by atoms with Crippen molar-refractivity contribution in [3.63, 3.8) is 0 Å². The minimum Gasteiger partial charge on any atom is -0.495 e. The molecule has 25 heavy (non-hydrogen) atoms. The predicted molar refractivity (Wildman–Crippen MR) is 98.2 cm³/mol. The quantitative estimate of drug-likeness (QED) is 0.791. The Kier molecular flexibility index (Phi) is 3.28. The molecular formula is C21H28N2O2. The second-order valence-electron chi connectivity index (χ2n) is 8.47. The van der Waals surface area contributed by atoms with Crippen LogP contribution in [0.1, 0.15) is 51.0 Å². The lowest BCUT2D eigenvalue weighted by Gasteiger charge is -2.58. The molecule has 1 aliphatic carbocycles. The number of benzene rings is 1. The summed E-state index contributed by atoms with van der Waals surface area (Å²) in [5.74, 6) is 0.852. The molecule has 0 bridgehead atoms. The predicted octanol–water partition coefficient (Wildman–Crippen LogP) is 3.34. The van der Waals surface area contributed by atoms with Crippen molar-refractivity contribution in [2.75, 3.05) is 25.1 Å². The molecule has 4 nitrogen and oxygen atoms in total. The van der Waals surface area contributed by atoms with Gasteiger partial charge in [0.2, 0.25) is 6.41 Å². The van der Waals surface area contributed by atoms with Crippen LogP contribution in [-0.4, -0.2) is 43.6 Å². The molecule has 0 aromatic heterocycles. The first kappa shape index (κ1) is 15.7. The number of carbonyl (C=O) groups excluding carboxylic acids is 1. The summed E-state index contributed by atoms with van der Waals surface area (Å²) in [5, 5.41) is 0. The van der Waals surface area contributed by atoms with Crippen molar-refractivity contribution in [3.8, 4) is 5.75 Å². The highest BCUT2D eigenvalue weighted by atomic mass is 16.5. The summed E-state index contributed by atoms with van der Waals surface area (Å²) in [7, 11) is 1.72. The van der Waals surface area contributed by atoms with Gasteiger partial charge in [-0.15, -0.1) is 0 Å². The SMILES string of the molecule is CC[C@@]12CCCN3CC[C@]4(c5cccc(OC)c5N(C=O)[C@@H]4CC1)[C@H]32. The Balaban J connectivity index is 1.76. The highest BCUT2D eigenvalue weighted by molar-refractivity contribution is 5.87. The summed E-state index contributed by atoms with van der Waals surface area (Å²) in [4.78, 5) is 16.9. The van der Waals surface area contributed by atoms with Crippen molar-refractivity contribution in [3.05, 3.63) is 23.8 Å². The average molecular weight is 340 g/mol. The highest BCUT2D eigenvalue weighted by Crippen LogP contribution is 2.66. The molecule has 134 valence electrons. The molecule has 3 fully saturated rings. The molecule has 1 aromatic carbocycles. The zero-order chi connectivity index (χ0) is 17.2. The van der Waals surface area contributed by atoms with Crippen LogP contribution in [-0.2, 0) is 10.2 Å². The maximum atomic E-state index is 12.1. The van der Waals surface area contributed by atoms with Gasteiger partial charge in [-0.1, -0.05) is 19.1 Å². The van der Waals surface area contributed by atoms with Gasteiger partial charge in [-0.2, -0.15) is 0 Å². The van der Waals surface area contributed by atoms with Crippen LogP contribution in [0.3, 0.4) is 0 Å². The number of ether oxygens (including phenoxy) is 1. The van der Waals surface area contributed by atoms with Gasteiger partial charge in [-0.3, -0.25) is 9.69 Å². The van der Waals surface area contributed by atoms with Crippen LogP contribution < -0.4 is 9.64 Å². The number of methoxy groups -OCH3 is 1. The number of hydrogen-bond acceptors (Lipinski definition) is 3. The van der Waals surface area contributed by atoms with Gasteiger partial charge in [-0.05, 0) is 68.7 Å². The first-order chi connectivity index (χ1) is 12.2. The number of rotatable bonds is 3. The second-order valence-corrected chi connectivity index (χ2v) is 8.47. The van der Waals surface area contributed by atoms with Crippen LogP contribution in [0.4, 0.5) is 5.69 Å². The van der Waals surface area contributed by atoms with Crippen molar-refractivity contribution in [1.82, 2.24) is 4.90 Å². The minimum atomic E-state index is 0.0967. The number of hydrogen-bond donors (Lipinski definition) is 0. The van der Waals surface area contributed by atoms with E-state index in [1.807, 2.05) is 11.0 Å². The van der Waals surface area contributed by atoms with Crippen LogP contribution >= 0.6 is 0 Å². The number of piperidine rings is 1. The fraction of sp³-hybridized carbons (Fsp3) is 0.667. The third-order valence-corrected chi connectivity index (χ3v) is 8.01. The van der Waals surface area contributed by atoms with Gasteiger partial charge < -0.3 is 9.64 Å². The third kappa shape index (κ3) is 1.69. The monoisotopic (exact) mass is 340 g/mol. The Bertz CT molecular complexity index is 720. The van der Waals surface area contributed by atoms with E-state index >= 15 is 0 Å². The van der Waals surface area contributed by atoms with E-state index in [2.05, 4.69) is 24.0 Å². The maximum absolute atomic E-state index is 12.1. The Morgan fingerprint density at radius 2 is 2.16 bits per heavy atom. The van der Waals surface area contributed by atoms with Gasteiger partial charge in [0, 0.05) is 17.5 Å². The van der Waals surface area contributed by atoms with Crippen LogP contribution in [0.5, 0.6) is 5.75 Å². The molecule has 1 aromatic rings. The lowest BCUT2D eigenvalue weighted by Crippen LogP contribution is -2.64. The van der Waals surface area contributed by atoms with E-state index in [1.165, 1.54) is 50.8 Å². The lowest BCUT2D eigenvalue weighted by atomic mass is 9.52. The van der Waals surface area contributed by atoms with Gasteiger partial charge in [0.15, 0.2) is 0 Å². The topological polar surface area (TPSA) is 32.8 Å². The smallest absolute Gasteiger partial charge is 0.214 e. The van der Waals surface area contributed by atoms with Crippen LogP contribution in [0.25, 0.3) is 0 Å². The summed E-state index contributed by atoms with van der Waals surface area (Å²) in [5.41, 5.74) is 2.93. The Morgan fingerprint density at radius 1 is 1.28 bits per heavy atom. The van der Waals surface area contributed by atoms with E-state index in [1.54, 1.807) is 7.11 Å². The lowest BCUT2D eigenvalue weighted by molar-refractivity contribution is -0.109. The zero-order valence-corrected chi connectivity index (χ0v) is 15.3. The van der Waals surface area contributed by atoms with Crippen molar-refractivity contribution in [2.24, 2.45) is 5.41 Å². The second kappa shape index (κ2) is 5.23. The molecule has 0 N–H and O–H groups in total. The van der Waals surface area contributed by atoms with Gasteiger partial charge in [0.05, 0.1) is 12.8 Å². The fourth-order valence-electron chi connectivity index (χ4n) is 7.16. The summed E-state index contributed by atoms with van der Waals surface area (Å²) < 4.78 is 5.67. The Labute approximate surface area is 150 Å². The molecule has 4 aliphatic rings. The number of anilines is 1. The van der Waals surface area contributed by atoms with E-state index in [0.717, 1.165) is 24.3 Å². The van der Waals surface area contributed by atoms with Gasteiger partial charge in [0.1, 0.15) is 5.75 Å². The van der Waals surface area contributed by atoms with E-state index in [4.69, 9.17) is 4.74 Å². The van der Waals surface area contributed by atoms with Crippen molar-refractivity contribution < 1.29 is 9.53 Å². The minimum absolute atomic E-state index is 0.0967. The van der Waals surface area contributed by atoms with E-state index < -0.39 is 0 Å². The summed E-state index contributed by atoms with van der Waals surface area (Å²) >= 11 is 0. The standard InChI is InChI=1S/C21H28N2O2/c1-3-20-9-5-12-22-13-11-21(19(20)22)15-6-4-7-16(25-2)18(15)23(14-24)17(21)8-10-20/h4,6-7,14,17,19H,3,5,8-13H2,1-2H3/t17-,19-,20-,21-/m1/s1. The number of para-hydroxylation sites is 1. The molecule has 2 saturated heterocycles.